The topological polar surface area (TPSA) is 124 Å². The average molecular weight is 340 g/mol. The molecule has 9 nitrogen and oxygen atoms in total. The molecule has 0 fully saturated rings. The standard InChI is InChI=1S/C10H10BrN7O2/c1-6-14-16-10(17(6)12)15-13-5-7-2-3-8(11)9(4-7)18(19)20/h2-5H,12H2,1H3,(H,15,16)/b13-5+. The van der Waals surface area contributed by atoms with Crippen molar-refractivity contribution >= 4 is 33.8 Å². The largest absolute Gasteiger partial charge is 0.335 e. The molecule has 1 aromatic carbocycles. The maximum Gasteiger partial charge on any atom is 0.284 e. The highest BCUT2D eigenvalue weighted by Crippen LogP contribution is 2.24. The van der Waals surface area contributed by atoms with E-state index in [1.54, 1.807) is 19.1 Å². The summed E-state index contributed by atoms with van der Waals surface area (Å²) in [6, 6.07) is 4.66. The quantitative estimate of drug-likeness (QED) is 0.375. The molecular weight excluding hydrogens is 330 g/mol. The van der Waals surface area contributed by atoms with E-state index in [0.717, 1.165) is 0 Å². The molecule has 0 radical (unpaired) electrons. The van der Waals surface area contributed by atoms with E-state index >= 15 is 0 Å². The summed E-state index contributed by atoms with van der Waals surface area (Å²) in [6.45, 7) is 1.69. The Labute approximate surface area is 121 Å². The number of aryl methyl sites for hydroxylation is 1. The molecular formula is C10H10BrN7O2. The molecule has 2 aromatic rings. The molecule has 2 rings (SSSR count). The van der Waals surface area contributed by atoms with Crippen LogP contribution in [-0.2, 0) is 0 Å². The molecule has 3 N–H and O–H groups in total. The summed E-state index contributed by atoms with van der Waals surface area (Å²) in [7, 11) is 0. The first-order valence-electron chi connectivity index (χ1n) is 5.39. The minimum Gasteiger partial charge on any atom is -0.335 e. The van der Waals surface area contributed by atoms with E-state index in [1.807, 2.05) is 0 Å². The number of nitrogens with one attached hydrogen (secondary N) is 1. The number of nitrogens with two attached hydrogens (primary N) is 1. The Morgan fingerprint density at radius 1 is 1.55 bits per heavy atom. The van der Waals surface area contributed by atoms with Crippen LogP contribution in [0.5, 0.6) is 0 Å². The van der Waals surface area contributed by atoms with Crippen LogP contribution in [0.4, 0.5) is 11.6 Å². The van der Waals surface area contributed by atoms with Crippen LogP contribution in [-0.4, -0.2) is 26.0 Å². The predicted octanol–water partition coefficient (Wildman–Crippen LogP) is 1.42. The van der Waals surface area contributed by atoms with Crippen molar-refractivity contribution in [2.45, 2.75) is 6.92 Å². The average Bonchev–Trinajstić information content (AvgIpc) is 2.72. The Hall–Kier alpha value is -2.49. The zero-order valence-electron chi connectivity index (χ0n) is 10.3. The fourth-order valence-electron chi connectivity index (χ4n) is 1.36. The summed E-state index contributed by atoms with van der Waals surface area (Å²) < 4.78 is 1.64. The fraction of sp³-hybridized carbons (Fsp3) is 0.100. The number of halogens is 1. The van der Waals surface area contributed by atoms with Crippen LogP contribution < -0.4 is 11.3 Å². The van der Waals surface area contributed by atoms with Crippen molar-refractivity contribution in [1.82, 2.24) is 14.9 Å². The summed E-state index contributed by atoms with van der Waals surface area (Å²) in [4.78, 5) is 10.3. The Bertz CT molecular complexity index is 682. The van der Waals surface area contributed by atoms with E-state index in [-0.39, 0.29) is 11.6 Å². The highest BCUT2D eigenvalue weighted by molar-refractivity contribution is 9.10. The van der Waals surface area contributed by atoms with E-state index in [1.165, 1.54) is 17.0 Å². The van der Waals surface area contributed by atoms with E-state index < -0.39 is 4.92 Å². The monoisotopic (exact) mass is 339 g/mol. The van der Waals surface area contributed by atoms with E-state index in [4.69, 9.17) is 5.84 Å². The number of nitrogens with zero attached hydrogens (tertiary/aromatic N) is 5. The number of benzene rings is 1. The van der Waals surface area contributed by atoms with Gasteiger partial charge in [0.25, 0.3) is 11.6 Å². The minimum atomic E-state index is -0.477. The van der Waals surface area contributed by atoms with Crippen molar-refractivity contribution in [1.29, 1.82) is 0 Å². The third kappa shape index (κ3) is 2.91. The van der Waals surface area contributed by atoms with Crippen LogP contribution in [0.2, 0.25) is 0 Å². The molecule has 0 amide bonds. The van der Waals surface area contributed by atoms with Gasteiger partial charge in [-0.15, -0.1) is 10.2 Å². The Morgan fingerprint density at radius 2 is 2.30 bits per heavy atom. The summed E-state index contributed by atoms with van der Waals surface area (Å²) in [5, 5.41) is 22.2. The summed E-state index contributed by atoms with van der Waals surface area (Å²) in [5.74, 6) is 6.42. The van der Waals surface area contributed by atoms with Crippen LogP contribution in [0.1, 0.15) is 11.4 Å². The highest BCUT2D eigenvalue weighted by atomic mass is 79.9. The second-order valence-electron chi connectivity index (χ2n) is 3.78. The van der Waals surface area contributed by atoms with Crippen molar-refractivity contribution in [3.05, 3.63) is 44.2 Å². The first-order valence-corrected chi connectivity index (χ1v) is 6.18. The lowest BCUT2D eigenvalue weighted by atomic mass is 10.2. The third-order valence-corrected chi connectivity index (χ3v) is 3.08. The molecule has 0 bridgehead atoms. The highest BCUT2D eigenvalue weighted by Gasteiger charge is 2.11. The molecule has 1 heterocycles. The van der Waals surface area contributed by atoms with Gasteiger partial charge in [0.1, 0.15) is 0 Å². The predicted molar refractivity (Wildman–Crippen MR) is 76.9 cm³/mol. The lowest BCUT2D eigenvalue weighted by Gasteiger charge is -2.00. The molecule has 10 heteroatoms. The van der Waals surface area contributed by atoms with Crippen molar-refractivity contribution in [2.75, 3.05) is 11.3 Å². The number of nitro groups is 1. The number of hydrogen-bond donors (Lipinski definition) is 2. The molecule has 0 spiro atoms. The van der Waals surface area contributed by atoms with Gasteiger partial charge in [-0.25, -0.2) is 10.1 Å². The van der Waals surface area contributed by atoms with Gasteiger partial charge < -0.3 is 5.84 Å². The van der Waals surface area contributed by atoms with E-state index in [9.17, 15) is 10.1 Å². The van der Waals surface area contributed by atoms with Crippen LogP contribution in [0.15, 0.2) is 27.8 Å². The smallest absolute Gasteiger partial charge is 0.284 e. The van der Waals surface area contributed by atoms with Crippen molar-refractivity contribution in [3.63, 3.8) is 0 Å². The van der Waals surface area contributed by atoms with Crippen LogP contribution in [0, 0.1) is 17.0 Å². The molecule has 0 aliphatic rings. The molecule has 0 saturated carbocycles. The number of aromatic nitrogens is 3. The second-order valence-corrected chi connectivity index (χ2v) is 4.63. The van der Waals surface area contributed by atoms with Crippen LogP contribution >= 0.6 is 15.9 Å². The van der Waals surface area contributed by atoms with Crippen molar-refractivity contribution in [3.8, 4) is 0 Å². The number of hydrazone groups is 1. The molecule has 0 unspecified atom stereocenters. The van der Waals surface area contributed by atoms with Crippen LogP contribution in [0.25, 0.3) is 0 Å². The fourth-order valence-corrected chi connectivity index (χ4v) is 1.75. The normalized spacial score (nSPS) is 10.9. The molecule has 0 aliphatic carbocycles. The molecule has 1 aromatic heterocycles. The second kappa shape index (κ2) is 5.65. The lowest BCUT2D eigenvalue weighted by Crippen LogP contribution is -2.13. The minimum absolute atomic E-state index is 0.0354. The molecule has 104 valence electrons. The van der Waals surface area contributed by atoms with E-state index in [2.05, 4.69) is 36.7 Å². The van der Waals surface area contributed by atoms with Gasteiger partial charge in [-0.3, -0.25) is 10.1 Å². The molecule has 0 aliphatic heterocycles. The van der Waals surface area contributed by atoms with Gasteiger partial charge in [0.2, 0.25) is 0 Å². The first-order chi connectivity index (χ1) is 9.49. The van der Waals surface area contributed by atoms with Crippen molar-refractivity contribution < 1.29 is 4.92 Å². The zero-order valence-corrected chi connectivity index (χ0v) is 11.9. The number of anilines is 1. The first kappa shape index (κ1) is 13.9. The maximum atomic E-state index is 10.8. The van der Waals surface area contributed by atoms with Gasteiger partial charge in [-0.1, -0.05) is 6.07 Å². The third-order valence-electron chi connectivity index (χ3n) is 2.41. The van der Waals surface area contributed by atoms with Gasteiger partial charge in [0.15, 0.2) is 5.82 Å². The van der Waals surface area contributed by atoms with Gasteiger partial charge in [0, 0.05) is 11.6 Å². The summed E-state index contributed by atoms with van der Waals surface area (Å²) >= 11 is 3.11. The lowest BCUT2D eigenvalue weighted by molar-refractivity contribution is -0.385. The SMILES string of the molecule is Cc1nnc(N/N=C/c2ccc(Br)c([N+](=O)[O-])c2)n1N. The molecule has 0 atom stereocenters. The van der Waals surface area contributed by atoms with Gasteiger partial charge in [-0.05, 0) is 28.9 Å². The van der Waals surface area contributed by atoms with Crippen molar-refractivity contribution in [2.24, 2.45) is 5.10 Å². The van der Waals surface area contributed by atoms with Crippen LogP contribution in [0.3, 0.4) is 0 Å². The number of nitro benzene ring substituents is 1. The Balaban J connectivity index is 2.14. The Morgan fingerprint density at radius 3 is 2.90 bits per heavy atom. The van der Waals surface area contributed by atoms with E-state index in [0.29, 0.717) is 15.9 Å². The maximum absolute atomic E-state index is 10.8. The number of rotatable bonds is 4. The number of hydrogen-bond acceptors (Lipinski definition) is 7. The number of nitrogen functional groups attached to an aromatic ring is 1. The summed E-state index contributed by atoms with van der Waals surface area (Å²) in [5.41, 5.74) is 3.12. The Kier molecular flexibility index (Phi) is 3.94. The molecule has 0 saturated heterocycles. The van der Waals surface area contributed by atoms with Gasteiger partial charge in [0.05, 0.1) is 15.6 Å². The molecule has 20 heavy (non-hydrogen) atoms. The zero-order chi connectivity index (χ0) is 14.7. The van der Waals surface area contributed by atoms with Gasteiger partial charge >= 0.3 is 0 Å². The van der Waals surface area contributed by atoms with Gasteiger partial charge in [-0.2, -0.15) is 5.10 Å². The summed E-state index contributed by atoms with van der Waals surface area (Å²) in [6.07, 6.45) is 1.42.